The first-order valence-corrected chi connectivity index (χ1v) is 5.21. The Morgan fingerprint density at radius 2 is 2.25 bits per heavy atom. The third-order valence-corrected chi connectivity index (χ3v) is 3.01. The average molecular weight is 216 g/mol. The summed E-state index contributed by atoms with van der Waals surface area (Å²) in [7, 11) is 0. The van der Waals surface area contributed by atoms with E-state index in [1.807, 2.05) is 6.08 Å². The van der Waals surface area contributed by atoms with Gasteiger partial charge in [0.2, 0.25) is 5.91 Å². The van der Waals surface area contributed by atoms with Crippen LogP contribution in [0.1, 0.15) is 11.1 Å². The maximum absolute atomic E-state index is 11.1. The van der Waals surface area contributed by atoms with Gasteiger partial charge in [0, 0.05) is 29.5 Å². The highest BCUT2D eigenvalue weighted by atomic mass is 16.1. The first-order valence-electron chi connectivity index (χ1n) is 5.21. The number of aromatic amines is 1. The number of nitrogens with two attached hydrogens (primary N) is 1. The number of carbonyl (C=O) groups is 1. The number of primary amides is 1. The number of aromatic nitrogens is 1. The van der Waals surface area contributed by atoms with Crippen molar-refractivity contribution < 1.29 is 4.79 Å². The molecule has 2 heterocycles. The molecule has 3 rings (SSSR count). The van der Waals surface area contributed by atoms with Crippen LogP contribution in [0, 0.1) is 0 Å². The van der Waals surface area contributed by atoms with Gasteiger partial charge in [-0.05, 0) is 11.6 Å². The van der Waals surface area contributed by atoms with E-state index in [1.165, 1.54) is 0 Å². The van der Waals surface area contributed by atoms with E-state index in [-0.39, 0.29) is 5.91 Å². The lowest BCUT2D eigenvalue weighted by molar-refractivity contribution is -0.114. The van der Waals surface area contributed by atoms with Crippen molar-refractivity contribution in [3.05, 3.63) is 33.6 Å². The Hall–Kier alpha value is -1.88. The van der Waals surface area contributed by atoms with Gasteiger partial charge in [-0.1, -0.05) is 6.08 Å². The summed E-state index contributed by atoms with van der Waals surface area (Å²) in [5.74, 6) is -0.349. The van der Waals surface area contributed by atoms with Crippen LogP contribution in [0.4, 0.5) is 0 Å². The van der Waals surface area contributed by atoms with Gasteiger partial charge in [-0.3, -0.25) is 15.1 Å². The largest absolute Gasteiger partial charge is 0.366 e. The Kier molecular flexibility index (Phi) is 1.94. The van der Waals surface area contributed by atoms with Crippen LogP contribution in [0.15, 0.2) is 16.6 Å². The van der Waals surface area contributed by atoms with E-state index in [9.17, 15) is 4.79 Å². The second-order valence-electron chi connectivity index (χ2n) is 3.99. The summed E-state index contributed by atoms with van der Waals surface area (Å²) >= 11 is 0. The number of amides is 1. The molecule has 16 heavy (non-hydrogen) atoms. The third-order valence-electron chi connectivity index (χ3n) is 3.01. The zero-order valence-electron chi connectivity index (χ0n) is 8.71. The number of H-pyrrole nitrogens is 1. The number of hydrogen-bond donors (Lipinski definition) is 3. The fourth-order valence-corrected chi connectivity index (χ4v) is 2.17. The molecule has 1 aliphatic carbocycles. The summed E-state index contributed by atoms with van der Waals surface area (Å²) in [5, 5.41) is 4.23. The summed E-state index contributed by atoms with van der Waals surface area (Å²) in [4.78, 5) is 18.7. The lowest BCUT2D eigenvalue weighted by Gasteiger charge is -2.10. The van der Waals surface area contributed by atoms with Gasteiger partial charge in [0.25, 0.3) is 0 Å². The third kappa shape index (κ3) is 1.29. The number of rotatable bonds is 1. The van der Waals surface area contributed by atoms with Gasteiger partial charge in [-0.2, -0.15) is 0 Å². The summed E-state index contributed by atoms with van der Waals surface area (Å²) in [5.41, 5.74) is 9.17. The average Bonchev–Trinajstić information content (AvgIpc) is 2.66. The van der Waals surface area contributed by atoms with Crippen molar-refractivity contribution in [2.45, 2.75) is 13.0 Å². The van der Waals surface area contributed by atoms with Crippen LogP contribution in [-0.2, 0) is 17.8 Å². The van der Waals surface area contributed by atoms with Crippen LogP contribution in [0.2, 0.25) is 0 Å². The first-order chi connectivity index (χ1) is 7.75. The number of nitrogens with one attached hydrogen (secondary N) is 2. The van der Waals surface area contributed by atoms with Crippen molar-refractivity contribution in [2.75, 3.05) is 6.67 Å². The van der Waals surface area contributed by atoms with Crippen LogP contribution in [0.25, 0.3) is 6.08 Å². The van der Waals surface area contributed by atoms with Gasteiger partial charge in [-0.25, -0.2) is 0 Å². The van der Waals surface area contributed by atoms with Crippen LogP contribution in [-0.4, -0.2) is 17.6 Å². The Balaban J connectivity index is 2.17. The second kappa shape index (κ2) is 3.31. The number of allylic oxidation sites excluding steroid dienone is 1. The predicted molar refractivity (Wildman–Crippen MR) is 58.7 cm³/mol. The van der Waals surface area contributed by atoms with Gasteiger partial charge in [0.05, 0.1) is 6.67 Å². The molecule has 0 radical (unpaired) electrons. The summed E-state index contributed by atoms with van der Waals surface area (Å²) in [6.45, 7) is 1.44. The van der Waals surface area contributed by atoms with Crippen LogP contribution >= 0.6 is 0 Å². The van der Waals surface area contributed by atoms with Crippen molar-refractivity contribution in [2.24, 2.45) is 10.7 Å². The van der Waals surface area contributed by atoms with Crippen LogP contribution in [0.5, 0.6) is 0 Å². The van der Waals surface area contributed by atoms with E-state index >= 15 is 0 Å². The molecule has 0 bridgehead atoms. The van der Waals surface area contributed by atoms with E-state index in [4.69, 9.17) is 5.73 Å². The van der Waals surface area contributed by atoms with Gasteiger partial charge in [0.1, 0.15) is 5.49 Å². The van der Waals surface area contributed by atoms with E-state index in [0.717, 1.165) is 28.5 Å². The smallest absolute Gasteiger partial charge is 0.244 e. The summed E-state index contributed by atoms with van der Waals surface area (Å²) in [6, 6.07) is 0. The molecule has 5 heteroatoms. The molecular weight excluding hydrogens is 204 g/mol. The van der Waals surface area contributed by atoms with Crippen molar-refractivity contribution in [1.29, 1.82) is 0 Å². The second-order valence-corrected chi connectivity index (χ2v) is 3.99. The quantitative estimate of drug-likeness (QED) is 0.530. The molecule has 0 atom stereocenters. The Morgan fingerprint density at radius 1 is 1.38 bits per heavy atom. The SMILES string of the molecule is NC(=O)C1=CC=c2[nH]c3c(c2C1)CNCN=3. The normalized spacial score (nSPS) is 17.6. The molecule has 82 valence electrons. The predicted octanol–water partition coefficient (Wildman–Crippen LogP) is -1.56. The van der Waals surface area contributed by atoms with Gasteiger partial charge < -0.3 is 10.7 Å². The summed E-state index contributed by atoms with van der Waals surface area (Å²) in [6.07, 6.45) is 4.27. The standard InChI is InChI=1S/C11H12N4O/c12-10(16)6-1-2-9-7(3-6)8-4-13-5-14-11(8)15-9/h1-2,13H,3-5H2,(H2,12,16)(H,14,15). The lowest BCUT2D eigenvalue weighted by Crippen LogP contribution is -2.27. The molecule has 0 fully saturated rings. The van der Waals surface area contributed by atoms with Crippen LogP contribution in [0.3, 0.4) is 0 Å². The van der Waals surface area contributed by atoms with E-state index in [0.29, 0.717) is 18.7 Å². The Labute approximate surface area is 91.8 Å². The number of hydrogen-bond acceptors (Lipinski definition) is 3. The molecule has 0 saturated heterocycles. The van der Waals surface area contributed by atoms with E-state index < -0.39 is 0 Å². The van der Waals surface area contributed by atoms with Crippen molar-refractivity contribution in [1.82, 2.24) is 10.3 Å². The molecule has 1 aliphatic heterocycles. The fraction of sp³-hybridized carbons (Fsp3) is 0.273. The molecule has 0 spiro atoms. The molecule has 4 N–H and O–H groups in total. The lowest BCUT2D eigenvalue weighted by atomic mass is 9.98. The molecular formula is C11H12N4O. The minimum Gasteiger partial charge on any atom is -0.366 e. The molecule has 0 unspecified atom stereocenters. The van der Waals surface area contributed by atoms with Gasteiger partial charge in [0.15, 0.2) is 0 Å². The number of nitrogens with zero attached hydrogens (tertiary/aromatic N) is 1. The molecule has 2 aliphatic rings. The highest BCUT2D eigenvalue weighted by Gasteiger charge is 2.18. The molecule has 1 aromatic rings. The minimum atomic E-state index is -0.349. The number of carbonyl (C=O) groups excluding carboxylic acids is 1. The first kappa shape index (κ1) is 9.35. The Morgan fingerprint density at radius 3 is 3.06 bits per heavy atom. The zero-order valence-corrected chi connectivity index (χ0v) is 8.71. The van der Waals surface area contributed by atoms with Gasteiger partial charge >= 0.3 is 0 Å². The van der Waals surface area contributed by atoms with Gasteiger partial charge in [-0.15, -0.1) is 0 Å². The highest BCUT2D eigenvalue weighted by molar-refractivity contribution is 5.94. The maximum Gasteiger partial charge on any atom is 0.244 e. The van der Waals surface area contributed by atoms with E-state index in [2.05, 4.69) is 15.3 Å². The highest BCUT2D eigenvalue weighted by Crippen LogP contribution is 2.11. The maximum atomic E-state index is 11.1. The molecule has 1 amide bonds. The molecule has 0 aromatic carbocycles. The summed E-state index contributed by atoms with van der Waals surface area (Å²) < 4.78 is 0. The Bertz CT molecular complexity index is 609. The number of fused-ring (bicyclic) bond motifs is 3. The topological polar surface area (TPSA) is 83.3 Å². The molecule has 5 nitrogen and oxygen atoms in total. The minimum absolute atomic E-state index is 0.349. The molecule has 1 aromatic heterocycles. The van der Waals surface area contributed by atoms with E-state index in [1.54, 1.807) is 6.08 Å². The van der Waals surface area contributed by atoms with Crippen molar-refractivity contribution in [3.8, 4) is 0 Å². The monoisotopic (exact) mass is 216 g/mol. The fourth-order valence-electron chi connectivity index (χ4n) is 2.17. The van der Waals surface area contributed by atoms with Crippen molar-refractivity contribution >= 4 is 12.0 Å². The van der Waals surface area contributed by atoms with Crippen molar-refractivity contribution in [3.63, 3.8) is 0 Å². The van der Waals surface area contributed by atoms with Crippen LogP contribution < -0.4 is 21.9 Å². The molecule has 0 saturated carbocycles. The zero-order chi connectivity index (χ0) is 11.1.